The number of hydrogen-bond acceptors (Lipinski definition) is 3. The topological polar surface area (TPSA) is 41.5 Å². The summed E-state index contributed by atoms with van der Waals surface area (Å²) in [5, 5.41) is 12.7. The van der Waals surface area contributed by atoms with E-state index in [0.717, 1.165) is 12.1 Å². The molecule has 2 N–H and O–H groups in total. The van der Waals surface area contributed by atoms with Gasteiger partial charge in [0.1, 0.15) is 0 Å². The van der Waals surface area contributed by atoms with Gasteiger partial charge in [-0.05, 0) is 30.2 Å². The van der Waals surface area contributed by atoms with Crippen molar-refractivity contribution in [2.24, 2.45) is 0 Å². The van der Waals surface area contributed by atoms with Gasteiger partial charge in [0.05, 0.1) is 24.4 Å². The molecular weight excluding hydrogens is 259 g/mol. The van der Waals surface area contributed by atoms with Crippen LogP contribution in [0.25, 0.3) is 0 Å². The fraction of sp³-hybridized carbons (Fsp3) is 0.538. The zero-order valence-electron chi connectivity index (χ0n) is 10.5. The van der Waals surface area contributed by atoms with Crippen LogP contribution in [-0.2, 0) is 10.9 Å². The highest BCUT2D eigenvalue weighted by molar-refractivity contribution is 5.36. The van der Waals surface area contributed by atoms with Crippen molar-refractivity contribution in [1.82, 2.24) is 5.32 Å². The first-order valence-corrected chi connectivity index (χ1v) is 6.11. The van der Waals surface area contributed by atoms with Crippen LogP contribution in [0.3, 0.4) is 0 Å². The first kappa shape index (κ1) is 14.3. The largest absolute Gasteiger partial charge is 0.416 e. The Morgan fingerprint density at radius 2 is 2.16 bits per heavy atom. The SMILES string of the molecule is CC(O)c1ccc(C(F)(F)F)cc1C1CNCCO1. The van der Waals surface area contributed by atoms with Crippen molar-refractivity contribution in [3.8, 4) is 0 Å². The number of morpholine rings is 1. The van der Waals surface area contributed by atoms with Gasteiger partial charge in [0.15, 0.2) is 0 Å². The first-order valence-electron chi connectivity index (χ1n) is 6.11. The Bertz CT molecular complexity index is 440. The van der Waals surface area contributed by atoms with Crippen molar-refractivity contribution in [2.45, 2.75) is 25.3 Å². The van der Waals surface area contributed by atoms with E-state index < -0.39 is 23.9 Å². The van der Waals surface area contributed by atoms with Crippen LogP contribution in [0.1, 0.15) is 35.8 Å². The van der Waals surface area contributed by atoms with Gasteiger partial charge in [-0.3, -0.25) is 0 Å². The lowest BCUT2D eigenvalue weighted by Crippen LogP contribution is -2.34. The van der Waals surface area contributed by atoms with Gasteiger partial charge < -0.3 is 15.2 Å². The first-order chi connectivity index (χ1) is 8.89. The molecule has 1 aliphatic rings. The molecule has 1 fully saturated rings. The Hall–Kier alpha value is -1.11. The van der Waals surface area contributed by atoms with Gasteiger partial charge in [-0.2, -0.15) is 13.2 Å². The van der Waals surface area contributed by atoms with Crippen LogP contribution in [0.15, 0.2) is 18.2 Å². The lowest BCUT2D eigenvalue weighted by atomic mass is 9.95. The Morgan fingerprint density at radius 3 is 2.68 bits per heavy atom. The summed E-state index contributed by atoms with van der Waals surface area (Å²) < 4.78 is 43.7. The zero-order valence-corrected chi connectivity index (χ0v) is 10.5. The molecule has 1 aliphatic heterocycles. The van der Waals surface area contributed by atoms with E-state index in [9.17, 15) is 18.3 Å². The summed E-state index contributed by atoms with van der Waals surface area (Å²) in [4.78, 5) is 0. The van der Waals surface area contributed by atoms with Crippen molar-refractivity contribution < 1.29 is 23.0 Å². The Labute approximate surface area is 109 Å². The highest BCUT2D eigenvalue weighted by atomic mass is 19.4. The summed E-state index contributed by atoms with van der Waals surface area (Å²) >= 11 is 0. The molecule has 2 unspecified atom stereocenters. The number of alkyl halides is 3. The van der Waals surface area contributed by atoms with Gasteiger partial charge in [0.25, 0.3) is 0 Å². The summed E-state index contributed by atoms with van der Waals surface area (Å²) in [6, 6.07) is 3.38. The van der Waals surface area contributed by atoms with Crippen molar-refractivity contribution in [1.29, 1.82) is 0 Å². The molecule has 0 spiro atoms. The minimum Gasteiger partial charge on any atom is -0.389 e. The number of aliphatic hydroxyl groups excluding tert-OH is 1. The van der Waals surface area contributed by atoms with E-state index >= 15 is 0 Å². The Morgan fingerprint density at radius 1 is 1.42 bits per heavy atom. The van der Waals surface area contributed by atoms with Gasteiger partial charge in [-0.15, -0.1) is 0 Å². The lowest BCUT2D eigenvalue weighted by molar-refractivity contribution is -0.137. The maximum absolute atomic E-state index is 12.7. The maximum atomic E-state index is 12.7. The second kappa shape index (κ2) is 5.48. The average Bonchev–Trinajstić information content (AvgIpc) is 2.38. The molecule has 3 nitrogen and oxygen atoms in total. The van der Waals surface area contributed by atoms with Crippen molar-refractivity contribution >= 4 is 0 Å². The minimum absolute atomic E-state index is 0.400. The number of ether oxygens (including phenoxy) is 1. The molecule has 0 amide bonds. The van der Waals surface area contributed by atoms with Crippen LogP contribution in [-0.4, -0.2) is 24.8 Å². The molecule has 106 valence electrons. The molecule has 1 aromatic rings. The van der Waals surface area contributed by atoms with E-state index in [1.807, 2.05) is 0 Å². The van der Waals surface area contributed by atoms with E-state index in [4.69, 9.17) is 4.74 Å². The fourth-order valence-electron chi connectivity index (χ4n) is 2.18. The molecule has 2 atom stereocenters. The quantitative estimate of drug-likeness (QED) is 0.871. The van der Waals surface area contributed by atoms with Gasteiger partial charge in [-0.25, -0.2) is 0 Å². The number of hydrogen-bond donors (Lipinski definition) is 2. The Balaban J connectivity index is 2.41. The van der Waals surface area contributed by atoms with Crippen LogP contribution in [0.4, 0.5) is 13.2 Å². The lowest BCUT2D eigenvalue weighted by Gasteiger charge is -2.27. The number of nitrogens with one attached hydrogen (secondary N) is 1. The predicted molar refractivity (Wildman–Crippen MR) is 63.6 cm³/mol. The van der Waals surface area contributed by atoms with Crippen molar-refractivity contribution in [3.05, 3.63) is 34.9 Å². The second-order valence-electron chi connectivity index (χ2n) is 4.58. The number of rotatable bonds is 2. The van der Waals surface area contributed by atoms with E-state index in [1.165, 1.54) is 13.0 Å². The molecule has 0 saturated carbocycles. The molecule has 2 rings (SSSR count). The smallest absolute Gasteiger partial charge is 0.389 e. The standard InChI is InChI=1S/C13H16F3NO2/c1-8(18)10-3-2-9(13(14,15)16)6-11(10)12-7-17-4-5-19-12/h2-3,6,8,12,17-18H,4-5,7H2,1H3. The summed E-state index contributed by atoms with van der Waals surface area (Å²) in [6.45, 7) is 3.10. The van der Waals surface area contributed by atoms with Crippen LogP contribution in [0.2, 0.25) is 0 Å². The van der Waals surface area contributed by atoms with Crippen LogP contribution in [0, 0.1) is 0 Å². The third-order valence-corrected chi connectivity index (χ3v) is 3.14. The van der Waals surface area contributed by atoms with Crippen molar-refractivity contribution in [3.63, 3.8) is 0 Å². The minimum atomic E-state index is -4.39. The molecule has 0 bridgehead atoms. The summed E-state index contributed by atoms with van der Waals surface area (Å²) in [7, 11) is 0. The van der Waals surface area contributed by atoms with E-state index in [-0.39, 0.29) is 0 Å². The third-order valence-electron chi connectivity index (χ3n) is 3.14. The van der Waals surface area contributed by atoms with E-state index in [1.54, 1.807) is 0 Å². The molecule has 1 aromatic carbocycles. The molecular formula is C13H16F3NO2. The highest BCUT2D eigenvalue weighted by Crippen LogP contribution is 2.35. The highest BCUT2D eigenvalue weighted by Gasteiger charge is 2.32. The molecule has 0 aromatic heterocycles. The molecule has 1 saturated heterocycles. The third kappa shape index (κ3) is 3.26. The van der Waals surface area contributed by atoms with Gasteiger partial charge in [0, 0.05) is 13.1 Å². The zero-order chi connectivity index (χ0) is 14.0. The summed E-state index contributed by atoms with van der Waals surface area (Å²) in [6.07, 6.45) is -5.68. The van der Waals surface area contributed by atoms with E-state index in [0.29, 0.717) is 30.8 Å². The summed E-state index contributed by atoms with van der Waals surface area (Å²) in [5.41, 5.74) is 0.153. The maximum Gasteiger partial charge on any atom is 0.416 e. The fourth-order valence-corrected chi connectivity index (χ4v) is 2.18. The average molecular weight is 275 g/mol. The molecule has 1 heterocycles. The molecule has 0 radical (unpaired) electrons. The summed E-state index contributed by atoms with van der Waals surface area (Å²) in [5.74, 6) is 0. The predicted octanol–water partition coefficient (Wildman–Crippen LogP) is 2.42. The van der Waals surface area contributed by atoms with Gasteiger partial charge in [0.2, 0.25) is 0 Å². The number of aliphatic hydroxyl groups is 1. The monoisotopic (exact) mass is 275 g/mol. The van der Waals surface area contributed by atoms with Gasteiger partial charge in [-0.1, -0.05) is 6.07 Å². The molecule has 0 aliphatic carbocycles. The second-order valence-corrected chi connectivity index (χ2v) is 4.58. The number of benzene rings is 1. The van der Waals surface area contributed by atoms with E-state index in [2.05, 4.69) is 5.32 Å². The van der Waals surface area contributed by atoms with Gasteiger partial charge >= 0.3 is 6.18 Å². The normalized spacial score (nSPS) is 22.3. The number of halogens is 3. The molecule has 19 heavy (non-hydrogen) atoms. The Kier molecular flexibility index (Phi) is 4.13. The van der Waals surface area contributed by atoms with Crippen LogP contribution >= 0.6 is 0 Å². The van der Waals surface area contributed by atoms with Crippen molar-refractivity contribution in [2.75, 3.05) is 19.7 Å². The van der Waals surface area contributed by atoms with Crippen LogP contribution < -0.4 is 5.32 Å². The molecule has 6 heteroatoms. The van der Waals surface area contributed by atoms with Crippen LogP contribution in [0.5, 0.6) is 0 Å².